The van der Waals surface area contributed by atoms with E-state index in [-0.39, 0.29) is 29.7 Å². The number of oxazole rings is 1. The van der Waals surface area contributed by atoms with Crippen LogP contribution in [0.4, 0.5) is 4.39 Å². The Morgan fingerprint density at radius 1 is 1.45 bits per heavy atom. The largest absolute Gasteiger partial charge is 0.440 e. The smallest absolute Gasteiger partial charge is 0.199 e. The molecular formula is C16H23ClFN3O. The van der Waals surface area contributed by atoms with E-state index in [1.807, 2.05) is 13.8 Å². The zero-order chi connectivity index (χ0) is 15.0. The first-order chi connectivity index (χ1) is 9.90. The molecule has 0 bridgehead atoms. The standard InChI is InChI=1S/C16H22FN3O.ClH/c1-16(2,18)10-20-7-3-4-11(9-20)15-19-13-6-5-12(17)8-14(13)21-15;/h5-6,8,11H,3-4,7,9-10,18H2,1-2H3;1H. The third kappa shape index (κ3) is 3.97. The van der Waals surface area contributed by atoms with Gasteiger partial charge in [0.1, 0.15) is 11.3 Å². The molecular weight excluding hydrogens is 305 g/mol. The summed E-state index contributed by atoms with van der Waals surface area (Å²) < 4.78 is 19.0. The fourth-order valence-corrected chi connectivity index (χ4v) is 3.07. The molecule has 0 saturated carbocycles. The average Bonchev–Trinajstić information content (AvgIpc) is 2.80. The van der Waals surface area contributed by atoms with Crippen molar-refractivity contribution >= 4 is 23.5 Å². The van der Waals surface area contributed by atoms with Gasteiger partial charge in [-0.3, -0.25) is 0 Å². The number of hydrogen-bond donors (Lipinski definition) is 1. The van der Waals surface area contributed by atoms with Gasteiger partial charge in [-0.05, 0) is 45.4 Å². The minimum Gasteiger partial charge on any atom is -0.440 e. The lowest BCUT2D eigenvalue weighted by atomic mass is 9.96. The normalized spacial score (nSPS) is 20.1. The number of nitrogens with zero attached hydrogens (tertiary/aromatic N) is 2. The first-order valence-electron chi connectivity index (χ1n) is 7.48. The lowest BCUT2D eigenvalue weighted by molar-refractivity contribution is 0.166. The van der Waals surface area contributed by atoms with E-state index in [0.717, 1.165) is 43.9 Å². The minimum atomic E-state index is -0.291. The zero-order valence-electron chi connectivity index (χ0n) is 13.0. The van der Waals surface area contributed by atoms with E-state index >= 15 is 0 Å². The van der Waals surface area contributed by atoms with E-state index in [1.54, 1.807) is 6.07 Å². The Labute approximate surface area is 136 Å². The van der Waals surface area contributed by atoms with Crippen molar-refractivity contribution in [3.05, 3.63) is 29.9 Å². The van der Waals surface area contributed by atoms with Crippen LogP contribution in [-0.4, -0.2) is 35.1 Å². The Morgan fingerprint density at radius 3 is 2.95 bits per heavy atom. The molecule has 22 heavy (non-hydrogen) atoms. The molecule has 1 aromatic carbocycles. The number of aromatic nitrogens is 1. The van der Waals surface area contributed by atoms with Crippen molar-refractivity contribution in [3.63, 3.8) is 0 Å². The SMILES string of the molecule is CC(C)(N)CN1CCCC(c2nc3ccc(F)cc3o2)C1.Cl. The summed E-state index contributed by atoms with van der Waals surface area (Å²) in [7, 11) is 0. The number of halogens is 2. The molecule has 0 aliphatic carbocycles. The number of fused-ring (bicyclic) bond motifs is 1. The molecule has 1 unspecified atom stereocenters. The van der Waals surface area contributed by atoms with Crippen LogP contribution in [0, 0.1) is 5.82 Å². The van der Waals surface area contributed by atoms with Crippen LogP contribution >= 0.6 is 12.4 Å². The molecule has 2 aromatic rings. The highest BCUT2D eigenvalue weighted by Gasteiger charge is 2.27. The predicted octanol–water partition coefficient (Wildman–Crippen LogP) is 3.31. The molecule has 1 aliphatic heterocycles. The maximum absolute atomic E-state index is 13.2. The van der Waals surface area contributed by atoms with Crippen molar-refractivity contribution < 1.29 is 8.81 Å². The fourth-order valence-electron chi connectivity index (χ4n) is 3.07. The molecule has 2 heterocycles. The molecule has 122 valence electrons. The van der Waals surface area contributed by atoms with Crippen molar-refractivity contribution in [1.82, 2.24) is 9.88 Å². The molecule has 1 fully saturated rings. The number of rotatable bonds is 3. The molecule has 0 radical (unpaired) electrons. The van der Waals surface area contributed by atoms with Crippen molar-refractivity contribution in [2.24, 2.45) is 5.73 Å². The third-order valence-electron chi connectivity index (χ3n) is 3.85. The van der Waals surface area contributed by atoms with Crippen LogP contribution in [0.25, 0.3) is 11.1 Å². The molecule has 0 spiro atoms. The van der Waals surface area contributed by atoms with Crippen LogP contribution in [-0.2, 0) is 0 Å². The zero-order valence-corrected chi connectivity index (χ0v) is 13.8. The van der Waals surface area contributed by atoms with Gasteiger partial charge in [0.05, 0.1) is 0 Å². The van der Waals surface area contributed by atoms with Gasteiger partial charge in [-0.1, -0.05) is 0 Å². The van der Waals surface area contributed by atoms with Crippen LogP contribution in [0.2, 0.25) is 0 Å². The van der Waals surface area contributed by atoms with E-state index < -0.39 is 0 Å². The summed E-state index contributed by atoms with van der Waals surface area (Å²) in [6.07, 6.45) is 2.16. The van der Waals surface area contributed by atoms with Crippen molar-refractivity contribution in [3.8, 4) is 0 Å². The van der Waals surface area contributed by atoms with Gasteiger partial charge in [0.2, 0.25) is 0 Å². The highest BCUT2D eigenvalue weighted by atomic mass is 35.5. The number of hydrogen-bond acceptors (Lipinski definition) is 4. The van der Waals surface area contributed by atoms with E-state index in [4.69, 9.17) is 10.2 Å². The van der Waals surface area contributed by atoms with Gasteiger partial charge in [-0.2, -0.15) is 0 Å². The van der Waals surface area contributed by atoms with Crippen LogP contribution < -0.4 is 5.73 Å². The summed E-state index contributed by atoms with van der Waals surface area (Å²) in [5.74, 6) is 0.687. The number of nitrogens with two attached hydrogens (primary N) is 1. The van der Waals surface area contributed by atoms with Crippen molar-refractivity contribution in [1.29, 1.82) is 0 Å². The summed E-state index contributed by atoms with van der Waals surface area (Å²) >= 11 is 0. The Morgan fingerprint density at radius 2 is 2.23 bits per heavy atom. The highest BCUT2D eigenvalue weighted by molar-refractivity contribution is 5.85. The monoisotopic (exact) mass is 327 g/mol. The third-order valence-corrected chi connectivity index (χ3v) is 3.85. The maximum Gasteiger partial charge on any atom is 0.199 e. The number of piperidine rings is 1. The van der Waals surface area contributed by atoms with E-state index in [2.05, 4.69) is 9.88 Å². The lowest BCUT2D eigenvalue weighted by Crippen LogP contribution is -2.48. The number of benzene rings is 1. The lowest BCUT2D eigenvalue weighted by Gasteiger charge is -2.35. The minimum absolute atomic E-state index is 0. The Balaban J connectivity index is 0.00000176. The Hall–Kier alpha value is -1.17. The van der Waals surface area contributed by atoms with Crippen LogP contribution in [0.1, 0.15) is 38.5 Å². The predicted molar refractivity (Wildman–Crippen MR) is 87.9 cm³/mol. The van der Waals surface area contributed by atoms with Gasteiger partial charge in [-0.15, -0.1) is 12.4 Å². The van der Waals surface area contributed by atoms with Crippen molar-refractivity contribution in [2.75, 3.05) is 19.6 Å². The molecule has 2 N–H and O–H groups in total. The van der Waals surface area contributed by atoms with Gasteiger partial charge in [-0.25, -0.2) is 9.37 Å². The summed E-state index contributed by atoms with van der Waals surface area (Å²) in [6.45, 7) is 6.90. The molecule has 0 amide bonds. The quantitative estimate of drug-likeness (QED) is 0.939. The molecule has 6 heteroatoms. The summed E-state index contributed by atoms with van der Waals surface area (Å²) in [6, 6.07) is 4.48. The van der Waals surface area contributed by atoms with Gasteiger partial charge in [0.25, 0.3) is 0 Å². The fraction of sp³-hybridized carbons (Fsp3) is 0.562. The summed E-state index contributed by atoms with van der Waals surface area (Å²) in [4.78, 5) is 6.88. The van der Waals surface area contributed by atoms with E-state index in [9.17, 15) is 4.39 Å². The van der Waals surface area contributed by atoms with E-state index in [1.165, 1.54) is 12.1 Å². The second-order valence-electron chi connectivity index (χ2n) is 6.73. The van der Waals surface area contributed by atoms with Crippen molar-refractivity contribution in [2.45, 2.75) is 38.1 Å². The second kappa shape index (κ2) is 6.52. The van der Waals surface area contributed by atoms with Gasteiger partial charge in [0.15, 0.2) is 11.5 Å². The second-order valence-corrected chi connectivity index (χ2v) is 6.73. The topological polar surface area (TPSA) is 55.3 Å². The molecule has 1 atom stereocenters. The molecule has 3 rings (SSSR count). The molecule has 1 saturated heterocycles. The first kappa shape index (κ1) is 17.2. The molecule has 1 aromatic heterocycles. The molecule has 4 nitrogen and oxygen atoms in total. The maximum atomic E-state index is 13.2. The highest BCUT2D eigenvalue weighted by Crippen LogP contribution is 2.29. The Bertz CT molecular complexity index is 638. The first-order valence-corrected chi connectivity index (χ1v) is 7.48. The number of likely N-dealkylation sites (tertiary alicyclic amines) is 1. The summed E-state index contributed by atoms with van der Waals surface area (Å²) in [5, 5.41) is 0. The van der Waals surface area contributed by atoms with Gasteiger partial charge >= 0.3 is 0 Å². The molecule has 1 aliphatic rings. The van der Waals surface area contributed by atoms with E-state index in [0.29, 0.717) is 5.58 Å². The summed E-state index contributed by atoms with van der Waals surface area (Å²) in [5.41, 5.74) is 7.16. The van der Waals surface area contributed by atoms with Crippen LogP contribution in [0.5, 0.6) is 0 Å². The van der Waals surface area contributed by atoms with Crippen LogP contribution in [0.15, 0.2) is 22.6 Å². The van der Waals surface area contributed by atoms with Gasteiger partial charge in [0, 0.05) is 30.6 Å². The Kier molecular flexibility index (Phi) is 5.10. The van der Waals surface area contributed by atoms with Crippen LogP contribution in [0.3, 0.4) is 0 Å². The van der Waals surface area contributed by atoms with Gasteiger partial charge < -0.3 is 15.1 Å². The average molecular weight is 328 g/mol.